The minimum absolute atomic E-state index is 0.102. The molecule has 4 N–H and O–H groups in total. The average Bonchev–Trinajstić information content (AvgIpc) is 2.41. The van der Waals surface area contributed by atoms with Gasteiger partial charge in [-0.15, -0.1) is 0 Å². The SMILES string of the molecule is CC(C)(C)c1ccc(NC(=O)Nc2ccc(N)cc2)cc1. The molecule has 110 valence electrons. The zero-order chi connectivity index (χ0) is 15.5. The van der Waals surface area contributed by atoms with Crippen LogP contribution in [-0.4, -0.2) is 6.03 Å². The van der Waals surface area contributed by atoms with Crippen LogP contribution in [0.2, 0.25) is 0 Å². The normalized spacial score (nSPS) is 11.0. The number of hydrogen-bond acceptors (Lipinski definition) is 2. The third-order valence-corrected chi connectivity index (χ3v) is 3.18. The van der Waals surface area contributed by atoms with Crippen LogP contribution in [0.15, 0.2) is 48.5 Å². The summed E-state index contributed by atoms with van der Waals surface area (Å²) in [6.07, 6.45) is 0. The number of urea groups is 1. The van der Waals surface area contributed by atoms with Gasteiger partial charge >= 0.3 is 6.03 Å². The third-order valence-electron chi connectivity index (χ3n) is 3.18. The maximum absolute atomic E-state index is 11.9. The molecule has 0 atom stereocenters. The second-order valence-electron chi connectivity index (χ2n) is 6.03. The highest BCUT2D eigenvalue weighted by Crippen LogP contribution is 2.23. The Kier molecular flexibility index (Phi) is 4.17. The quantitative estimate of drug-likeness (QED) is 0.723. The minimum atomic E-state index is -0.275. The van der Waals surface area contributed by atoms with E-state index < -0.39 is 0 Å². The van der Waals surface area contributed by atoms with Gasteiger partial charge in [0.25, 0.3) is 0 Å². The summed E-state index contributed by atoms with van der Waals surface area (Å²) in [5.41, 5.74) is 9.06. The van der Waals surface area contributed by atoms with Gasteiger partial charge in [-0.3, -0.25) is 0 Å². The van der Waals surface area contributed by atoms with Gasteiger partial charge in [-0.1, -0.05) is 32.9 Å². The first kappa shape index (κ1) is 14.9. The smallest absolute Gasteiger partial charge is 0.323 e. The first-order valence-corrected chi connectivity index (χ1v) is 6.89. The van der Waals surface area contributed by atoms with E-state index in [9.17, 15) is 4.79 Å². The maximum Gasteiger partial charge on any atom is 0.323 e. The summed E-state index contributed by atoms with van der Waals surface area (Å²) in [5.74, 6) is 0. The molecule has 0 heterocycles. The van der Waals surface area contributed by atoms with E-state index in [0.29, 0.717) is 11.4 Å². The van der Waals surface area contributed by atoms with E-state index in [0.717, 1.165) is 5.69 Å². The van der Waals surface area contributed by atoms with Crippen molar-refractivity contribution in [3.05, 3.63) is 54.1 Å². The van der Waals surface area contributed by atoms with Gasteiger partial charge in [-0.05, 0) is 47.4 Å². The Hall–Kier alpha value is -2.49. The molecular formula is C17H21N3O. The lowest BCUT2D eigenvalue weighted by atomic mass is 9.87. The first-order chi connectivity index (χ1) is 9.84. The van der Waals surface area contributed by atoms with Crippen LogP contribution >= 0.6 is 0 Å². The fraction of sp³-hybridized carbons (Fsp3) is 0.235. The van der Waals surface area contributed by atoms with Crippen LogP contribution in [0.5, 0.6) is 0 Å². The molecule has 0 saturated heterocycles. The number of nitrogen functional groups attached to an aromatic ring is 1. The molecule has 0 aromatic heterocycles. The highest BCUT2D eigenvalue weighted by atomic mass is 16.2. The Bertz CT molecular complexity index is 610. The van der Waals surface area contributed by atoms with Gasteiger partial charge in [-0.2, -0.15) is 0 Å². The molecule has 0 bridgehead atoms. The van der Waals surface area contributed by atoms with Gasteiger partial charge < -0.3 is 16.4 Å². The number of amides is 2. The van der Waals surface area contributed by atoms with Gasteiger partial charge in [0.05, 0.1) is 0 Å². The van der Waals surface area contributed by atoms with Crippen molar-refractivity contribution in [2.75, 3.05) is 16.4 Å². The second kappa shape index (κ2) is 5.87. The third kappa shape index (κ3) is 4.24. The van der Waals surface area contributed by atoms with Crippen molar-refractivity contribution in [2.24, 2.45) is 0 Å². The van der Waals surface area contributed by atoms with Crippen LogP contribution < -0.4 is 16.4 Å². The monoisotopic (exact) mass is 283 g/mol. The summed E-state index contributed by atoms with van der Waals surface area (Å²) in [6.45, 7) is 6.47. The summed E-state index contributed by atoms with van der Waals surface area (Å²) >= 11 is 0. The summed E-state index contributed by atoms with van der Waals surface area (Å²) in [6, 6.07) is 14.6. The lowest BCUT2D eigenvalue weighted by Gasteiger charge is -2.19. The van der Waals surface area contributed by atoms with Crippen molar-refractivity contribution in [3.8, 4) is 0 Å². The fourth-order valence-corrected chi connectivity index (χ4v) is 1.91. The highest BCUT2D eigenvalue weighted by Gasteiger charge is 2.13. The summed E-state index contributed by atoms with van der Waals surface area (Å²) in [7, 11) is 0. The zero-order valence-electron chi connectivity index (χ0n) is 12.6. The van der Waals surface area contributed by atoms with Crippen molar-refractivity contribution in [1.29, 1.82) is 0 Å². The lowest BCUT2D eigenvalue weighted by Crippen LogP contribution is -2.19. The number of nitrogens with one attached hydrogen (secondary N) is 2. The van der Waals surface area contributed by atoms with Crippen LogP contribution in [0.3, 0.4) is 0 Å². The number of nitrogens with two attached hydrogens (primary N) is 1. The van der Waals surface area contributed by atoms with Crippen LogP contribution in [0, 0.1) is 0 Å². The van der Waals surface area contributed by atoms with E-state index in [1.165, 1.54) is 5.56 Å². The molecule has 4 nitrogen and oxygen atoms in total. The molecule has 0 unspecified atom stereocenters. The van der Waals surface area contributed by atoms with Crippen LogP contribution in [0.25, 0.3) is 0 Å². The Labute approximate surface area is 125 Å². The van der Waals surface area contributed by atoms with Crippen molar-refractivity contribution in [3.63, 3.8) is 0 Å². The largest absolute Gasteiger partial charge is 0.399 e. The molecule has 2 amide bonds. The van der Waals surface area contributed by atoms with E-state index in [1.807, 2.05) is 24.3 Å². The number of anilines is 3. The molecule has 0 aliphatic heterocycles. The molecule has 0 saturated carbocycles. The molecule has 2 aromatic rings. The van der Waals surface area contributed by atoms with E-state index in [4.69, 9.17) is 5.73 Å². The van der Waals surface area contributed by atoms with Gasteiger partial charge in [0.1, 0.15) is 0 Å². The van der Waals surface area contributed by atoms with Crippen molar-refractivity contribution < 1.29 is 4.79 Å². The molecule has 0 radical (unpaired) electrons. The first-order valence-electron chi connectivity index (χ1n) is 6.89. The predicted molar refractivity (Wildman–Crippen MR) is 88.6 cm³/mol. The van der Waals surface area contributed by atoms with Crippen molar-refractivity contribution in [1.82, 2.24) is 0 Å². The number of carbonyl (C=O) groups excluding carboxylic acids is 1. The number of carbonyl (C=O) groups is 1. The van der Waals surface area contributed by atoms with Gasteiger partial charge in [-0.25, -0.2) is 4.79 Å². The fourth-order valence-electron chi connectivity index (χ4n) is 1.91. The van der Waals surface area contributed by atoms with E-state index in [1.54, 1.807) is 24.3 Å². The maximum atomic E-state index is 11.9. The molecule has 0 aliphatic rings. The molecule has 21 heavy (non-hydrogen) atoms. The molecule has 4 heteroatoms. The Morgan fingerprint density at radius 2 is 1.29 bits per heavy atom. The standard InChI is InChI=1S/C17H21N3O/c1-17(2,3)12-4-8-14(9-5-12)19-16(21)20-15-10-6-13(18)7-11-15/h4-11H,18H2,1-3H3,(H2,19,20,21). The molecular weight excluding hydrogens is 262 g/mol. The molecule has 2 aromatic carbocycles. The Morgan fingerprint density at radius 3 is 1.71 bits per heavy atom. The van der Waals surface area contributed by atoms with E-state index in [-0.39, 0.29) is 11.4 Å². The predicted octanol–water partition coefficient (Wildman–Crippen LogP) is 4.21. The minimum Gasteiger partial charge on any atom is -0.399 e. The second-order valence-corrected chi connectivity index (χ2v) is 6.03. The number of rotatable bonds is 2. The topological polar surface area (TPSA) is 67.2 Å². The molecule has 0 aliphatic carbocycles. The van der Waals surface area contributed by atoms with E-state index >= 15 is 0 Å². The van der Waals surface area contributed by atoms with Gasteiger partial charge in [0.2, 0.25) is 0 Å². The van der Waals surface area contributed by atoms with E-state index in [2.05, 4.69) is 31.4 Å². The molecule has 2 rings (SSSR count). The lowest BCUT2D eigenvalue weighted by molar-refractivity contribution is 0.262. The summed E-state index contributed by atoms with van der Waals surface area (Å²) in [4.78, 5) is 11.9. The van der Waals surface area contributed by atoms with Crippen molar-refractivity contribution >= 4 is 23.1 Å². The van der Waals surface area contributed by atoms with Gasteiger partial charge in [0.15, 0.2) is 0 Å². The highest BCUT2D eigenvalue weighted by molar-refractivity contribution is 5.99. The summed E-state index contributed by atoms with van der Waals surface area (Å²) < 4.78 is 0. The van der Waals surface area contributed by atoms with Crippen LogP contribution in [0.4, 0.5) is 21.9 Å². The number of benzene rings is 2. The average molecular weight is 283 g/mol. The summed E-state index contributed by atoms with van der Waals surface area (Å²) in [5, 5.41) is 5.56. The van der Waals surface area contributed by atoms with Crippen LogP contribution in [0.1, 0.15) is 26.3 Å². The molecule has 0 fully saturated rings. The molecule has 0 spiro atoms. The number of hydrogen-bond donors (Lipinski definition) is 3. The van der Waals surface area contributed by atoms with Crippen molar-refractivity contribution in [2.45, 2.75) is 26.2 Å². The Balaban J connectivity index is 1.98. The van der Waals surface area contributed by atoms with Gasteiger partial charge in [0, 0.05) is 17.1 Å². The zero-order valence-corrected chi connectivity index (χ0v) is 12.6. The Morgan fingerprint density at radius 1 is 0.857 bits per heavy atom. The van der Waals surface area contributed by atoms with Crippen LogP contribution in [-0.2, 0) is 5.41 Å².